The minimum Gasteiger partial charge on any atom is -0.493 e. The minimum absolute atomic E-state index is 0.247. The Morgan fingerprint density at radius 2 is 1.65 bits per heavy atom. The smallest absolute Gasteiger partial charge is 0.408 e. The van der Waals surface area contributed by atoms with Gasteiger partial charge in [-0.2, -0.15) is 0 Å². The van der Waals surface area contributed by atoms with Crippen LogP contribution in [-0.4, -0.2) is 67.8 Å². The van der Waals surface area contributed by atoms with Crippen molar-refractivity contribution in [2.45, 2.75) is 64.6 Å². The number of halogens is 1. The molecule has 1 atom stereocenters. The van der Waals surface area contributed by atoms with Crippen LogP contribution < -0.4 is 14.8 Å². The zero-order valence-corrected chi connectivity index (χ0v) is 25.9. The van der Waals surface area contributed by atoms with E-state index in [-0.39, 0.29) is 11.5 Å². The van der Waals surface area contributed by atoms with E-state index >= 15 is 0 Å². The second-order valence-corrected chi connectivity index (χ2v) is 12.7. The van der Waals surface area contributed by atoms with Crippen molar-refractivity contribution in [3.05, 3.63) is 58.1 Å². The first-order valence-electron chi connectivity index (χ1n) is 14.0. The fourth-order valence-electron chi connectivity index (χ4n) is 5.68. The molecule has 8 nitrogen and oxygen atoms in total. The molecule has 0 bridgehead atoms. The van der Waals surface area contributed by atoms with E-state index in [1.165, 1.54) is 0 Å². The predicted octanol–water partition coefficient (Wildman–Crippen LogP) is 5.94. The normalized spacial score (nSPS) is 18.1. The molecule has 2 aromatic rings. The lowest BCUT2D eigenvalue weighted by molar-refractivity contribution is -0.138. The van der Waals surface area contributed by atoms with Gasteiger partial charge in [-0.15, -0.1) is 0 Å². The molecule has 1 spiro atoms. The lowest BCUT2D eigenvalue weighted by Gasteiger charge is -2.38. The molecule has 4 rings (SSSR count). The maximum atomic E-state index is 13.5. The second-order valence-electron chi connectivity index (χ2n) is 11.8. The minimum atomic E-state index is -0.591. The predicted molar refractivity (Wildman–Crippen MR) is 159 cm³/mol. The molecule has 1 unspecified atom stereocenters. The quantitative estimate of drug-likeness (QED) is 0.376. The van der Waals surface area contributed by atoms with Crippen molar-refractivity contribution < 1.29 is 23.8 Å². The summed E-state index contributed by atoms with van der Waals surface area (Å²) in [7, 11) is 3.21. The van der Waals surface area contributed by atoms with Gasteiger partial charge in [0.2, 0.25) is 5.91 Å². The van der Waals surface area contributed by atoms with Gasteiger partial charge in [0.15, 0.2) is 11.5 Å². The number of benzene rings is 2. The molecule has 0 saturated carbocycles. The molecule has 2 aliphatic rings. The molecule has 9 heteroatoms. The van der Waals surface area contributed by atoms with Gasteiger partial charge in [0.05, 0.1) is 25.7 Å². The Bertz CT molecular complexity index is 1170. The number of nitrogens with zero attached hydrogens (tertiary/aromatic N) is 2. The SMILES string of the molecule is COc1ccc(C(CCN2CCC3(CC2)CCN(Cc2ccc(Br)cc2)C3=O)NC(=O)OC(C)(C)C)cc1OC. The van der Waals surface area contributed by atoms with E-state index in [0.29, 0.717) is 30.4 Å². The third-order valence-corrected chi connectivity index (χ3v) is 8.46. The van der Waals surface area contributed by atoms with Crippen molar-refractivity contribution in [2.75, 3.05) is 40.4 Å². The van der Waals surface area contributed by atoms with E-state index in [1.807, 2.05) is 56.0 Å². The molecule has 2 aliphatic heterocycles. The molecule has 40 heavy (non-hydrogen) atoms. The highest BCUT2D eigenvalue weighted by molar-refractivity contribution is 9.10. The van der Waals surface area contributed by atoms with Crippen LogP contribution in [0.2, 0.25) is 0 Å². The van der Waals surface area contributed by atoms with E-state index in [4.69, 9.17) is 14.2 Å². The Balaban J connectivity index is 1.37. The zero-order chi connectivity index (χ0) is 28.9. The van der Waals surface area contributed by atoms with E-state index < -0.39 is 11.7 Å². The molecule has 2 saturated heterocycles. The molecule has 218 valence electrons. The number of carbonyl (C=O) groups excluding carboxylic acids is 2. The number of nitrogens with one attached hydrogen (secondary N) is 1. The zero-order valence-electron chi connectivity index (χ0n) is 24.3. The summed E-state index contributed by atoms with van der Waals surface area (Å²) in [6, 6.07) is 13.6. The molecule has 2 amide bonds. The third kappa shape index (κ3) is 7.49. The summed E-state index contributed by atoms with van der Waals surface area (Å²) in [5.74, 6) is 1.55. The van der Waals surface area contributed by atoms with Crippen LogP contribution in [0, 0.1) is 5.41 Å². The topological polar surface area (TPSA) is 80.3 Å². The number of ether oxygens (including phenoxy) is 3. The Morgan fingerprint density at radius 3 is 2.27 bits per heavy atom. The van der Waals surface area contributed by atoms with Crippen molar-refractivity contribution in [2.24, 2.45) is 5.41 Å². The first kappa shape index (κ1) is 30.2. The number of alkyl carbamates (subject to hydrolysis) is 1. The number of amides is 2. The molecule has 0 aromatic heterocycles. The first-order valence-corrected chi connectivity index (χ1v) is 14.8. The van der Waals surface area contributed by atoms with E-state index in [1.54, 1.807) is 14.2 Å². The molecule has 1 N–H and O–H groups in total. The number of hydrogen-bond donors (Lipinski definition) is 1. The molecule has 2 fully saturated rings. The average Bonchev–Trinajstić information content (AvgIpc) is 3.21. The van der Waals surface area contributed by atoms with Crippen LogP contribution >= 0.6 is 15.9 Å². The summed E-state index contributed by atoms with van der Waals surface area (Å²) < 4.78 is 17.5. The summed E-state index contributed by atoms with van der Waals surface area (Å²) in [5, 5.41) is 3.06. The molecule has 0 radical (unpaired) electrons. The maximum Gasteiger partial charge on any atom is 0.408 e. The van der Waals surface area contributed by atoms with Gasteiger partial charge in [-0.1, -0.05) is 34.1 Å². The third-order valence-electron chi connectivity index (χ3n) is 7.94. The maximum absolute atomic E-state index is 13.5. The molecular formula is C31H42BrN3O5. The highest BCUT2D eigenvalue weighted by Gasteiger charge is 2.47. The first-order chi connectivity index (χ1) is 19.0. The van der Waals surface area contributed by atoms with Gasteiger partial charge in [-0.25, -0.2) is 4.79 Å². The lowest BCUT2D eigenvalue weighted by Crippen LogP contribution is -2.45. The van der Waals surface area contributed by atoms with E-state index in [0.717, 1.165) is 61.0 Å². The van der Waals surface area contributed by atoms with Crippen LogP contribution in [0.25, 0.3) is 0 Å². The van der Waals surface area contributed by atoms with Gasteiger partial charge >= 0.3 is 6.09 Å². The number of hydrogen-bond acceptors (Lipinski definition) is 6. The highest BCUT2D eigenvalue weighted by atomic mass is 79.9. The number of piperidine rings is 1. The fourth-order valence-corrected chi connectivity index (χ4v) is 5.94. The van der Waals surface area contributed by atoms with Gasteiger partial charge in [-0.3, -0.25) is 4.79 Å². The van der Waals surface area contributed by atoms with Crippen molar-refractivity contribution in [3.63, 3.8) is 0 Å². The summed E-state index contributed by atoms with van der Waals surface area (Å²) in [6.07, 6.45) is 2.90. The molecule has 0 aliphatic carbocycles. The van der Waals surface area contributed by atoms with E-state index in [9.17, 15) is 9.59 Å². The highest BCUT2D eigenvalue weighted by Crippen LogP contribution is 2.42. The number of likely N-dealkylation sites (tertiary alicyclic amines) is 2. The monoisotopic (exact) mass is 615 g/mol. The number of rotatable bonds is 9. The molecule has 2 aromatic carbocycles. The van der Waals surface area contributed by atoms with Gasteiger partial charge in [-0.05, 0) is 94.9 Å². The van der Waals surface area contributed by atoms with Crippen LogP contribution in [0.15, 0.2) is 46.9 Å². The van der Waals surface area contributed by atoms with Crippen molar-refractivity contribution in [3.8, 4) is 11.5 Å². The Morgan fingerprint density at radius 1 is 1.00 bits per heavy atom. The number of methoxy groups -OCH3 is 2. The van der Waals surface area contributed by atoms with Crippen molar-refractivity contribution in [1.82, 2.24) is 15.1 Å². The average molecular weight is 617 g/mol. The number of carbonyl (C=O) groups is 2. The van der Waals surface area contributed by atoms with Gasteiger partial charge < -0.3 is 29.3 Å². The van der Waals surface area contributed by atoms with Gasteiger partial charge in [0, 0.05) is 24.1 Å². The van der Waals surface area contributed by atoms with Gasteiger partial charge in [0.25, 0.3) is 0 Å². The molecular weight excluding hydrogens is 574 g/mol. The largest absolute Gasteiger partial charge is 0.493 e. The second kappa shape index (κ2) is 12.8. The Labute approximate surface area is 246 Å². The van der Waals surface area contributed by atoms with Crippen LogP contribution in [0.1, 0.15) is 63.6 Å². The van der Waals surface area contributed by atoms with Crippen LogP contribution in [0.5, 0.6) is 11.5 Å². The standard InChI is InChI=1S/C31H42BrN3O5/c1-30(2,3)40-29(37)33-25(23-8-11-26(38-4)27(20-23)39-5)12-16-34-17-13-31(14-18-34)15-19-35(28(31)36)21-22-6-9-24(32)10-7-22/h6-11,20,25H,12-19,21H2,1-5H3,(H,33,37). The van der Waals surface area contributed by atoms with Crippen LogP contribution in [-0.2, 0) is 16.1 Å². The fraction of sp³-hybridized carbons (Fsp3) is 0.548. The van der Waals surface area contributed by atoms with Gasteiger partial charge in [0.1, 0.15) is 5.60 Å². The summed E-state index contributed by atoms with van der Waals surface area (Å²) in [4.78, 5) is 30.6. The van der Waals surface area contributed by atoms with Crippen LogP contribution in [0.4, 0.5) is 4.79 Å². The Kier molecular flexibility index (Phi) is 9.67. The summed E-state index contributed by atoms with van der Waals surface area (Å²) >= 11 is 3.48. The van der Waals surface area contributed by atoms with Crippen LogP contribution in [0.3, 0.4) is 0 Å². The summed E-state index contributed by atoms with van der Waals surface area (Å²) in [6.45, 7) is 9.56. The van der Waals surface area contributed by atoms with E-state index in [2.05, 4.69) is 38.3 Å². The molecule has 2 heterocycles. The summed E-state index contributed by atoms with van der Waals surface area (Å²) in [5.41, 5.74) is 1.24. The lowest BCUT2D eigenvalue weighted by atomic mass is 9.77. The Hall–Kier alpha value is -2.78. The van der Waals surface area contributed by atoms with Crippen molar-refractivity contribution in [1.29, 1.82) is 0 Å². The van der Waals surface area contributed by atoms with Crippen molar-refractivity contribution >= 4 is 27.9 Å².